The highest BCUT2D eigenvalue weighted by molar-refractivity contribution is 5.45. The van der Waals surface area contributed by atoms with Gasteiger partial charge in [0.05, 0.1) is 0 Å². The van der Waals surface area contributed by atoms with E-state index in [9.17, 15) is 4.79 Å². The van der Waals surface area contributed by atoms with Crippen molar-refractivity contribution in [2.24, 2.45) is 0 Å². The minimum absolute atomic E-state index is 0.762. The molecule has 0 aromatic rings. The molecule has 0 saturated carbocycles. The zero-order valence-electron chi connectivity index (χ0n) is 8.55. The number of carbonyl (C=O) groups is 1. The fraction of sp³-hybridized carbons (Fsp3) is 0.900. The normalized spacial score (nSPS) is 9.92. The molecule has 0 aliphatic carbocycles. The molecular formula is C10H21NO2. The highest BCUT2D eigenvalue weighted by atomic mass is 16.5. The first-order valence-corrected chi connectivity index (χ1v) is 5.07. The largest absolute Gasteiger partial charge is 0.385 e. The molecule has 0 aromatic carbocycles. The second-order valence-corrected chi connectivity index (χ2v) is 3.19. The molecule has 3 heteroatoms. The fourth-order valence-corrected chi connectivity index (χ4v) is 1.24. The molecule has 13 heavy (non-hydrogen) atoms. The summed E-state index contributed by atoms with van der Waals surface area (Å²) in [4.78, 5) is 9.89. The molecule has 0 radical (unpaired) electrons. The average molecular weight is 187 g/mol. The minimum atomic E-state index is 0.762. The van der Waals surface area contributed by atoms with Crippen LogP contribution in [0.3, 0.4) is 0 Å². The van der Waals surface area contributed by atoms with Crippen LogP contribution in [-0.4, -0.2) is 26.7 Å². The Morgan fingerprint density at radius 3 is 2.31 bits per heavy atom. The van der Waals surface area contributed by atoms with Crippen molar-refractivity contribution in [3.63, 3.8) is 0 Å². The lowest BCUT2D eigenvalue weighted by atomic mass is 10.1. The maximum Gasteiger partial charge on any atom is 0.207 e. The summed E-state index contributed by atoms with van der Waals surface area (Å²) >= 11 is 0. The smallest absolute Gasteiger partial charge is 0.207 e. The van der Waals surface area contributed by atoms with Crippen molar-refractivity contribution in [3.8, 4) is 0 Å². The van der Waals surface area contributed by atoms with Crippen molar-refractivity contribution in [2.75, 3.05) is 20.3 Å². The maximum atomic E-state index is 9.89. The van der Waals surface area contributed by atoms with Gasteiger partial charge in [0.1, 0.15) is 0 Å². The number of ether oxygens (including phenoxy) is 1. The quantitative estimate of drug-likeness (QED) is 0.418. The van der Waals surface area contributed by atoms with Gasteiger partial charge in [0.2, 0.25) is 6.41 Å². The van der Waals surface area contributed by atoms with Gasteiger partial charge < -0.3 is 10.1 Å². The molecule has 0 saturated heterocycles. The standard InChI is InChI=1S/C10H21NO2/c1-13-9-7-5-3-2-4-6-8-11-10-12/h10H,2-9H2,1H3,(H,11,12). The molecule has 3 nitrogen and oxygen atoms in total. The van der Waals surface area contributed by atoms with Crippen LogP contribution in [0.1, 0.15) is 38.5 Å². The molecule has 0 bridgehead atoms. The number of methoxy groups -OCH3 is 1. The van der Waals surface area contributed by atoms with E-state index in [1.807, 2.05) is 0 Å². The summed E-state index contributed by atoms with van der Waals surface area (Å²) in [5.41, 5.74) is 0. The van der Waals surface area contributed by atoms with Crippen LogP contribution in [-0.2, 0) is 9.53 Å². The van der Waals surface area contributed by atoms with Gasteiger partial charge in [-0.05, 0) is 12.8 Å². The van der Waals surface area contributed by atoms with Crippen LogP contribution in [0.5, 0.6) is 0 Å². The number of unbranched alkanes of at least 4 members (excludes halogenated alkanes) is 5. The molecular weight excluding hydrogens is 166 g/mol. The molecule has 0 unspecified atom stereocenters. The first kappa shape index (κ1) is 12.4. The Labute approximate surface area is 80.8 Å². The number of rotatable bonds is 10. The minimum Gasteiger partial charge on any atom is -0.385 e. The zero-order valence-corrected chi connectivity index (χ0v) is 8.55. The first-order valence-electron chi connectivity index (χ1n) is 5.07. The lowest BCUT2D eigenvalue weighted by Crippen LogP contribution is -2.11. The van der Waals surface area contributed by atoms with E-state index in [-0.39, 0.29) is 0 Å². The van der Waals surface area contributed by atoms with Crippen molar-refractivity contribution >= 4 is 6.41 Å². The van der Waals surface area contributed by atoms with E-state index in [0.717, 1.165) is 26.0 Å². The Morgan fingerprint density at radius 2 is 1.69 bits per heavy atom. The predicted octanol–water partition coefficient (Wildman–Crippen LogP) is 1.72. The van der Waals surface area contributed by atoms with E-state index >= 15 is 0 Å². The van der Waals surface area contributed by atoms with Crippen LogP contribution >= 0.6 is 0 Å². The van der Waals surface area contributed by atoms with Crippen LogP contribution in [0.2, 0.25) is 0 Å². The van der Waals surface area contributed by atoms with Gasteiger partial charge in [-0.2, -0.15) is 0 Å². The lowest BCUT2D eigenvalue weighted by molar-refractivity contribution is -0.109. The SMILES string of the molecule is COCCCCCCCCNC=O. The summed E-state index contributed by atoms with van der Waals surface area (Å²) in [6.45, 7) is 1.70. The second kappa shape index (κ2) is 11.4. The molecule has 0 aliphatic rings. The number of amides is 1. The molecule has 0 heterocycles. The molecule has 1 amide bonds. The van der Waals surface area contributed by atoms with E-state index in [2.05, 4.69) is 5.32 Å². The van der Waals surface area contributed by atoms with Crippen LogP contribution in [0.25, 0.3) is 0 Å². The third-order valence-corrected chi connectivity index (χ3v) is 2.00. The van der Waals surface area contributed by atoms with Crippen molar-refractivity contribution in [1.82, 2.24) is 5.32 Å². The Hall–Kier alpha value is -0.570. The summed E-state index contributed by atoms with van der Waals surface area (Å²) in [5.74, 6) is 0. The van der Waals surface area contributed by atoms with Gasteiger partial charge in [-0.3, -0.25) is 4.79 Å². The first-order chi connectivity index (χ1) is 6.41. The maximum absolute atomic E-state index is 9.89. The molecule has 0 aliphatic heterocycles. The third-order valence-electron chi connectivity index (χ3n) is 2.00. The third kappa shape index (κ3) is 11.4. The number of carbonyl (C=O) groups excluding carboxylic acids is 1. The van der Waals surface area contributed by atoms with E-state index in [1.54, 1.807) is 7.11 Å². The number of hydrogen-bond acceptors (Lipinski definition) is 2. The van der Waals surface area contributed by atoms with Crippen LogP contribution in [0.15, 0.2) is 0 Å². The van der Waals surface area contributed by atoms with E-state index in [4.69, 9.17) is 4.74 Å². The highest BCUT2D eigenvalue weighted by Crippen LogP contribution is 2.04. The van der Waals surface area contributed by atoms with Crippen molar-refractivity contribution in [1.29, 1.82) is 0 Å². The van der Waals surface area contributed by atoms with Gasteiger partial charge in [-0.1, -0.05) is 25.7 Å². The highest BCUT2D eigenvalue weighted by Gasteiger charge is 1.90. The molecule has 0 atom stereocenters. The summed E-state index contributed by atoms with van der Waals surface area (Å²) < 4.78 is 4.95. The summed E-state index contributed by atoms with van der Waals surface area (Å²) in [7, 11) is 1.74. The molecule has 78 valence electrons. The Morgan fingerprint density at radius 1 is 1.08 bits per heavy atom. The molecule has 0 spiro atoms. The van der Waals surface area contributed by atoms with Gasteiger partial charge in [0, 0.05) is 20.3 Å². The fourth-order valence-electron chi connectivity index (χ4n) is 1.24. The Balaban J connectivity index is 2.79. The summed E-state index contributed by atoms with van der Waals surface area (Å²) in [6.07, 6.45) is 8.06. The average Bonchev–Trinajstić information content (AvgIpc) is 2.16. The Bertz CT molecular complexity index is 107. The lowest BCUT2D eigenvalue weighted by Gasteiger charge is -2.01. The Kier molecular flexibility index (Phi) is 10.9. The van der Waals surface area contributed by atoms with E-state index in [1.165, 1.54) is 32.1 Å². The molecule has 1 N–H and O–H groups in total. The van der Waals surface area contributed by atoms with Gasteiger partial charge in [-0.15, -0.1) is 0 Å². The second-order valence-electron chi connectivity index (χ2n) is 3.19. The van der Waals surface area contributed by atoms with Gasteiger partial charge in [0.15, 0.2) is 0 Å². The monoisotopic (exact) mass is 187 g/mol. The molecule has 0 rings (SSSR count). The van der Waals surface area contributed by atoms with Crippen molar-refractivity contribution in [2.45, 2.75) is 38.5 Å². The molecule has 0 aromatic heterocycles. The van der Waals surface area contributed by atoms with Gasteiger partial charge in [-0.25, -0.2) is 0 Å². The summed E-state index contributed by atoms with van der Waals surface area (Å²) in [6, 6.07) is 0. The topological polar surface area (TPSA) is 38.3 Å². The molecule has 0 fully saturated rings. The summed E-state index contributed by atoms with van der Waals surface area (Å²) in [5, 5.41) is 2.66. The van der Waals surface area contributed by atoms with Crippen molar-refractivity contribution in [3.05, 3.63) is 0 Å². The van der Waals surface area contributed by atoms with E-state index < -0.39 is 0 Å². The predicted molar refractivity (Wildman–Crippen MR) is 53.6 cm³/mol. The van der Waals surface area contributed by atoms with Crippen LogP contribution in [0.4, 0.5) is 0 Å². The van der Waals surface area contributed by atoms with Crippen molar-refractivity contribution < 1.29 is 9.53 Å². The van der Waals surface area contributed by atoms with E-state index in [0.29, 0.717) is 0 Å². The number of hydrogen-bond donors (Lipinski definition) is 1. The number of nitrogens with one attached hydrogen (secondary N) is 1. The zero-order chi connectivity index (χ0) is 9.78. The van der Waals surface area contributed by atoms with Crippen LogP contribution in [0, 0.1) is 0 Å². The van der Waals surface area contributed by atoms with Gasteiger partial charge in [0.25, 0.3) is 0 Å². The van der Waals surface area contributed by atoms with Crippen LogP contribution < -0.4 is 5.32 Å². The van der Waals surface area contributed by atoms with Gasteiger partial charge >= 0.3 is 0 Å².